The summed E-state index contributed by atoms with van der Waals surface area (Å²) >= 11 is 12.0. The third kappa shape index (κ3) is 4.16. The molecule has 1 aromatic carbocycles. The van der Waals surface area contributed by atoms with Crippen LogP contribution < -0.4 is 10.1 Å². The number of rotatable bonds is 6. The van der Waals surface area contributed by atoms with Crippen molar-refractivity contribution in [2.45, 2.75) is 19.6 Å². The van der Waals surface area contributed by atoms with Crippen molar-refractivity contribution in [3.05, 3.63) is 58.3 Å². The summed E-state index contributed by atoms with van der Waals surface area (Å²) in [6.45, 7) is 3.42. The maximum absolute atomic E-state index is 6.11. The summed E-state index contributed by atoms with van der Waals surface area (Å²) in [6, 6.07) is 9.36. The van der Waals surface area contributed by atoms with Crippen LogP contribution in [0.1, 0.15) is 12.5 Å². The molecule has 0 aliphatic heterocycles. The zero-order valence-corrected chi connectivity index (χ0v) is 14.2. The molecule has 0 fully saturated rings. The Morgan fingerprint density at radius 3 is 2.96 bits per heavy atom. The summed E-state index contributed by atoms with van der Waals surface area (Å²) in [5, 5.41) is 5.60. The summed E-state index contributed by atoms with van der Waals surface area (Å²) in [5.41, 5.74) is 2.04. The van der Waals surface area contributed by atoms with Gasteiger partial charge in [-0.3, -0.25) is 0 Å². The van der Waals surface area contributed by atoms with Gasteiger partial charge >= 0.3 is 0 Å². The minimum atomic E-state index is -0.0161. The molecule has 4 nitrogen and oxygen atoms in total. The van der Waals surface area contributed by atoms with Crippen LogP contribution in [0.3, 0.4) is 0 Å². The highest BCUT2D eigenvalue weighted by atomic mass is 35.5. The number of pyridine rings is 1. The van der Waals surface area contributed by atoms with E-state index in [1.807, 2.05) is 25.4 Å². The Hall–Kier alpha value is -1.75. The molecule has 0 saturated heterocycles. The average Bonchev–Trinajstić information content (AvgIpc) is 2.98. The first-order valence-electron chi connectivity index (χ1n) is 7.36. The van der Waals surface area contributed by atoms with E-state index in [0.717, 1.165) is 23.1 Å². The summed E-state index contributed by atoms with van der Waals surface area (Å²) < 4.78 is 5.82. The molecule has 3 rings (SSSR count). The first-order valence-corrected chi connectivity index (χ1v) is 8.12. The van der Waals surface area contributed by atoms with Gasteiger partial charge < -0.3 is 15.0 Å². The first-order chi connectivity index (χ1) is 11.1. The van der Waals surface area contributed by atoms with Gasteiger partial charge in [0.1, 0.15) is 17.5 Å². The Morgan fingerprint density at radius 1 is 1.26 bits per heavy atom. The summed E-state index contributed by atoms with van der Waals surface area (Å²) in [4.78, 5) is 7.45. The second-order valence-corrected chi connectivity index (χ2v) is 6.24. The van der Waals surface area contributed by atoms with Gasteiger partial charge in [0.25, 0.3) is 0 Å². The van der Waals surface area contributed by atoms with Crippen molar-refractivity contribution in [2.75, 3.05) is 6.54 Å². The minimum absolute atomic E-state index is 0.0161. The third-order valence-corrected chi connectivity index (χ3v) is 3.97. The van der Waals surface area contributed by atoms with Crippen LogP contribution in [0.2, 0.25) is 10.0 Å². The molecule has 0 spiro atoms. The highest BCUT2D eigenvalue weighted by Crippen LogP contribution is 2.28. The molecular formula is C17H17Cl2N3O. The van der Waals surface area contributed by atoms with E-state index in [1.54, 1.807) is 18.2 Å². The van der Waals surface area contributed by atoms with Gasteiger partial charge in [0.2, 0.25) is 0 Å². The highest BCUT2D eigenvalue weighted by Gasteiger charge is 2.08. The third-order valence-electron chi connectivity index (χ3n) is 3.44. The van der Waals surface area contributed by atoms with Crippen LogP contribution in [-0.4, -0.2) is 22.6 Å². The molecule has 2 aromatic heterocycles. The molecule has 0 aliphatic carbocycles. The molecule has 0 bridgehead atoms. The van der Waals surface area contributed by atoms with E-state index in [2.05, 4.69) is 21.4 Å². The molecule has 0 radical (unpaired) electrons. The molecule has 6 heteroatoms. The lowest BCUT2D eigenvalue weighted by atomic mass is 10.2. The van der Waals surface area contributed by atoms with Crippen molar-refractivity contribution in [2.24, 2.45) is 0 Å². The monoisotopic (exact) mass is 349 g/mol. The average molecular weight is 350 g/mol. The number of fused-ring (bicyclic) bond motifs is 1. The topological polar surface area (TPSA) is 49.9 Å². The molecule has 3 aromatic rings. The number of nitrogens with one attached hydrogen (secondary N) is 2. The Labute approximate surface area is 144 Å². The number of ether oxygens (including phenoxy) is 1. The predicted octanol–water partition coefficient (Wildman–Crippen LogP) is 4.43. The molecule has 2 heterocycles. The molecule has 0 saturated carbocycles. The smallest absolute Gasteiger partial charge is 0.138 e. The normalized spacial score (nSPS) is 12.5. The fourth-order valence-electron chi connectivity index (χ4n) is 2.33. The van der Waals surface area contributed by atoms with E-state index in [-0.39, 0.29) is 6.10 Å². The molecule has 1 atom stereocenters. The van der Waals surface area contributed by atoms with Crippen LogP contribution in [0, 0.1) is 0 Å². The van der Waals surface area contributed by atoms with Crippen molar-refractivity contribution in [1.82, 2.24) is 15.3 Å². The predicted molar refractivity (Wildman–Crippen MR) is 94.4 cm³/mol. The summed E-state index contributed by atoms with van der Waals surface area (Å²) in [5.74, 6) is 0.640. The van der Waals surface area contributed by atoms with Crippen molar-refractivity contribution in [3.63, 3.8) is 0 Å². The molecular weight excluding hydrogens is 333 g/mol. The SMILES string of the molecule is CC(CNCc1cnc2[nH]ccc2c1)Oc1ccc(Cl)cc1Cl. The van der Waals surface area contributed by atoms with E-state index < -0.39 is 0 Å². The second kappa shape index (κ2) is 7.21. The number of aromatic amines is 1. The van der Waals surface area contributed by atoms with Gasteiger partial charge in [0, 0.05) is 35.9 Å². The van der Waals surface area contributed by atoms with Crippen molar-refractivity contribution >= 4 is 34.2 Å². The van der Waals surface area contributed by atoms with E-state index in [9.17, 15) is 0 Å². The maximum atomic E-state index is 6.11. The lowest BCUT2D eigenvalue weighted by Gasteiger charge is -2.16. The fourth-order valence-corrected chi connectivity index (χ4v) is 2.78. The highest BCUT2D eigenvalue weighted by molar-refractivity contribution is 6.35. The van der Waals surface area contributed by atoms with Crippen LogP contribution >= 0.6 is 23.2 Å². The Bertz CT molecular complexity index is 803. The van der Waals surface area contributed by atoms with Crippen molar-refractivity contribution in [3.8, 4) is 5.75 Å². The number of nitrogens with zero attached hydrogens (tertiary/aromatic N) is 1. The summed E-state index contributed by atoms with van der Waals surface area (Å²) in [6.07, 6.45) is 3.74. The zero-order valence-electron chi connectivity index (χ0n) is 12.6. The maximum Gasteiger partial charge on any atom is 0.138 e. The number of hydrogen-bond donors (Lipinski definition) is 2. The van der Waals surface area contributed by atoms with Gasteiger partial charge in [-0.05, 0) is 42.8 Å². The van der Waals surface area contributed by atoms with Gasteiger partial charge in [-0.15, -0.1) is 0 Å². The molecule has 0 amide bonds. The number of halogens is 2. The van der Waals surface area contributed by atoms with Gasteiger partial charge in [0.05, 0.1) is 5.02 Å². The van der Waals surface area contributed by atoms with Crippen LogP contribution in [0.25, 0.3) is 11.0 Å². The van der Waals surface area contributed by atoms with E-state index in [1.165, 1.54) is 0 Å². The number of aromatic nitrogens is 2. The second-order valence-electron chi connectivity index (χ2n) is 5.39. The molecule has 2 N–H and O–H groups in total. The lowest BCUT2D eigenvalue weighted by Crippen LogP contribution is -2.28. The summed E-state index contributed by atoms with van der Waals surface area (Å²) in [7, 11) is 0. The van der Waals surface area contributed by atoms with Gasteiger partial charge in [-0.2, -0.15) is 0 Å². The van der Waals surface area contributed by atoms with E-state index >= 15 is 0 Å². The number of hydrogen-bond acceptors (Lipinski definition) is 3. The van der Waals surface area contributed by atoms with E-state index in [4.69, 9.17) is 27.9 Å². The Kier molecular flexibility index (Phi) is 5.06. The van der Waals surface area contributed by atoms with Crippen LogP contribution in [0.4, 0.5) is 0 Å². The number of H-pyrrole nitrogens is 1. The Morgan fingerprint density at radius 2 is 2.13 bits per heavy atom. The molecule has 120 valence electrons. The lowest BCUT2D eigenvalue weighted by molar-refractivity contribution is 0.217. The van der Waals surface area contributed by atoms with Gasteiger partial charge in [-0.25, -0.2) is 4.98 Å². The quantitative estimate of drug-likeness (QED) is 0.692. The fraction of sp³-hybridized carbons (Fsp3) is 0.235. The Balaban J connectivity index is 1.51. The van der Waals surface area contributed by atoms with E-state index in [0.29, 0.717) is 22.3 Å². The van der Waals surface area contributed by atoms with Gasteiger partial charge in [0.15, 0.2) is 0 Å². The van der Waals surface area contributed by atoms with Crippen LogP contribution in [0.15, 0.2) is 42.7 Å². The first kappa shape index (κ1) is 16.1. The molecule has 0 aliphatic rings. The largest absolute Gasteiger partial charge is 0.488 e. The van der Waals surface area contributed by atoms with Gasteiger partial charge in [-0.1, -0.05) is 23.2 Å². The van der Waals surface area contributed by atoms with Crippen LogP contribution in [0.5, 0.6) is 5.75 Å². The zero-order chi connectivity index (χ0) is 16.2. The standard InChI is InChI=1S/C17H17Cl2N3O/c1-11(23-16-3-2-14(18)7-15(16)19)8-20-9-12-6-13-4-5-21-17(13)22-10-12/h2-7,10-11,20H,8-9H2,1H3,(H,21,22). The molecule has 23 heavy (non-hydrogen) atoms. The molecule has 1 unspecified atom stereocenters. The number of benzene rings is 1. The van der Waals surface area contributed by atoms with Crippen molar-refractivity contribution in [1.29, 1.82) is 0 Å². The van der Waals surface area contributed by atoms with Crippen molar-refractivity contribution < 1.29 is 4.74 Å². The minimum Gasteiger partial charge on any atom is -0.488 e. The van der Waals surface area contributed by atoms with Crippen LogP contribution in [-0.2, 0) is 6.54 Å².